The molecule has 0 aliphatic heterocycles. The molecule has 1 aromatic heterocycles. The highest BCUT2D eigenvalue weighted by Crippen LogP contribution is 2.35. The molecule has 0 saturated heterocycles. The number of aryl methyl sites for hydroxylation is 1. The van der Waals surface area contributed by atoms with Gasteiger partial charge in [0.25, 0.3) is 0 Å². The number of hydrogen-bond donors (Lipinski definition) is 1. The molecule has 3 unspecified atom stereocenters. The van der Waals surface area contributed by atoms with Crippen molar-refractivity contribution in [1.82, 2.24) is 19.8 Å². The summed E-state index contributed by atoms with van der Waals surface area (Å²) in [5.41, 5.74) is 0.303. The zero-order chi connectivity index (χ0) is 14.8. The number of nitrogens with one attached hydrogen (secondary N) is 1. The van der Waals surface area contributed by atoms with Crippen molar-refractivity contribution in [3.63, 3.8) is 0 Å². The predicted molar refractivity (Wildman–Crippen MR) is 83.7 cm³/mol. The zero-order valence-corrected chi connectivity index (χ0v) is 13.7. The predicted octanol–water partition coefficient (Wildman–Crippen LogP) is 2.58. The van der Waals surface area contributed by atoms with Crippen molar-refractivity contribution in [2.45, 2.75) is 51.1 Å². The lowest BCUT2D eigenvalue weighted by atomic mass is 9.75. The third kappa shape index (κ3) is 3.23. The molecule has 2 rings (SSSR count). The molecular weight excluding hydrogens is 248 g/mol. The number of nitrogens with zero attached hydrogens (tertiary/aromatic N) is 3. The second-order valence-corrected chi connectivity index (χ2v) is 6.82. The normalized spacial score (nSPS) is 28.8. The van der Waals surface area contributed by atoms with E-state index >= 15 is 0 Å². The Balaban J connectivity index is 2.01. The van der Waals surface area contributed by atoms with Crippen molar-refractivity contribution in [2.75, 3.05) is 20.6 Å². The lowest BCUT2D eigenvalue weighted by Gasteiger charge is -2.46. The molecular formula is C16H30N4. The van der Waals surface area contributed by atoms with Crippen molar-refractivity contribution in [3.8, 4) is 0 Å². The van der Waals surface area contributed by atoms with Crippen LogP contribution in [-0.4, -0.2) is 40.6 Å². The van der Waals surface area contributed by atoms with Crippen molar-refractivity contribution in [2.24, 2.45) is 13.0 Å². The lowest BCUT2D eigenvalue weighted by molar-refractivity contribution is 0.0724. The largest absolute Gasteiger partial charge is 0.337 e. The number of aromatic nitrogens is 2. The molecule has 1 saturated carbocycles. The molecule has 0 aromatic carbocycles. The Morgan fingerprint density at radius 2 is 2.30 bits per heavy atom. The minimum absolute atomic E-state index is 0.295. The summed E-state index contributed by atoms with van der Waals surface area (Å²) in [6, 6.07) is 0.295. The third-order valence-electron chi connectivity index (χ3n) is 5.00. The third-order valence-corrected chi connectivity index (χ3v) is 5.00. The Morgan fingerprint density at radius 3 is 2.85 bits per heavy atom. The van der Waals surface area contributed by atoms with Gasteiger partial charge < -0.3 is 14.8 Å². The van der Waals surface area contributed by atoms with Gasteiger partial charge in [-0.15, -0.1) is 0 Å². The van der Waals surface area contributed by atoms with Crippen LogP contribution in [0.15, 0.2) is 12.4 Å². The van der Waals surface area contributed by atoms with Gasteiger partial charge in [0, 0.05) is 31.5 Å². The van der Waals surface area contributed by atoms with Gasteiger partial charge in [-0.2, -0.15) is 0 Å². The van der Waals surface area contributed by atoms with Gasteiger partial charge in [-0.1, -0.05) is 19.8 Å². The van der Waals surface area contributed by atoms with Gasteiger partial charge in [0.15, 0.2) is 0 Å². The van der Waals surface area contributed by atoms with E-state index in [0.717, 1.165) is 18.3 Å². The summed E-state index contributed by atoms with van der Waals surface area (Å²) in [4.78, 5) is 6.88. The fraction of sp³-hybridized carbons (Fsp3) is 0.812. The summed E-state index contributed by atoms with van der Waals surface area (Å²) in [5, 5.41) is 3.71. The highest BCUT2D eigenvalue weighted by Gasteiger charge is 2.37. The second-order valence-electron chi connectivity index (χ2n) is 6.82. The molecule has 20 heavy (non-hydrogen) atoms. The smallest absolute Gasteiger partial charge is 0.125 e. The molecule has 0 spiro atoms. The number of rotatable bonds is 5. The maximum Gasteiger partial charge on any atom is 0.125 e. The average molecular weight is 278 g/mol. The minimum Gasteiger partial charge on any atom is -0.337 e. The quantitative estimate of drug-likeness (QED) is 0.898. The highest BCUT2D eigenvalue weighted by atomic mass is 15.2. The first kappa shape index (κ1) is 15.5. The fourth-order valence-electron chi connectivity index (χ4n) is 3.59. The average Bonchev–Trinajstić information content (AvgIpc) is 2.82. The Kier molecular flexibility index (Phi) is 4.86. The summed E-state index contributed by atoms with van der Waals surface area (Å²) in [5.74, 6) is 1.94. The molecule has 0 amide bonds. The number of likely N-dealkylation sites (N-methyl/N-ethyl adjacent to an activating group) is 1. The molecule has 0 radical (unpaired) electrons. The van der Waals surface area contributed by atoms with Crippen molar-refractivity contribution in [3.05, 3.63) is 18.2 Å². The molecule has 0 bridgehead atoms. The topological polar surface area (TPSA) is 33.1 Å². The zero-order valence-electron chi connectivity index (χ0n) is 13.7. The van der Waals surface area contributed by atoms with E-state index < -0.39 is 0 Å². The molecule has 1 aromatic rings. The standard InChI is InChI=1S/C16H30N4/c1-13-7-6-8-16(11-13,19(3)4)12-18-14(2)15-17-9-10-20(15)5/h9-10,13-14,18H,6-8,11-12H2,1-5H3. The van der Waals surface area contributed by atoms with Crippen LogP contribution in [0.3, 0.4) is 0 Å². The summed E-state index contributed by atoms with van der Waals surface area (Å²) < 4.78 is 2.10. The molecule has 1 aliphatic rings. The van der Waals surface area contributed by atoms with Gasteiger partial charge in [-0.05, 0) is 39.8 Å². The van der Waals surface area contributed by atoms with Gasteiger partial charge in [-0.3, -0.25) is 0 Å². The highest BCUT2D eigenvalue weighted by molar-refractivity contribution is 5.00. The minimum atomic E-state index is 0.295. The van der Waals surface area contributed by atoms with Crippen LogP contribution in [0.25, 0.3) is 0 Å². The molecule has 1 heterocycles. The van der Waals surface area contributed by atoms with Crippen LogP contribution in [0.2, 0.25) is 0 Å². The Morgan fingerprint density at radius 1 is 1.55 bits per heavy atom. The Labute approximate surface area is 123 Å². The van der Waals surface area contributed by atoms with Crippen LogP contribution in [-0.2, 0) is 7.05 Å². The van der Waals surface area contributed by atoms with Crippen LogP contribution < -0.4 is 5.32 Å². The molecule has 1 N–H and O–H groups in total. The van der Waals surface area contributed by atoms with E-state index in [-0.39, 0.29) is 0 Å². The van der Waals surface area contributed by atoms with E-state index in [0.29, 0.717) is 11.6 Å². The number of hydrogen-bond acceptors (Lipinski definition) is 3. The van der Waals surface area contributed by atoms with Gasteiger partial charge in [0.05, 0.1) is 6.04 Å². The van der Waals surface area contributed by atoms with E-state index in [2.05, 4.69) is 54.8 Å². The number of imidazole rings is 1. The molecule has 1 fully saturated rings. The Hall–Kier alpha value is -0.870. The maximum absolute atomic E-state index is 4.45. The first-order chi connectivity index (χ1) is 9.44. The van der Waals surface area contributed by atoms with Gasteiger partial charge in [-0.25, -0.2) is 4.98 Å². The van der Waals surface area contributed by atoms with Crippen LogP contribution in [0.1, 0.15) is 51.4 Å². The van der Waals surface area contributed by atoms with E-state index in [4.69, 9.17) is 0 Å². The van der Waals surface area contributed by atoms with E-state index in [9.17, 15) is 0 Å². The molecule has 114 valence electrons. The van der Waals surface area contributed by atoms with E-state index in [1.54, 1.807) is 0 Å². The summed E-state index contributed by atoms with van der Waals surface area (Å²) in [6.45, 7) is 5.63. The van der Waals surface area contributed by atoms with Gasteiger partial charge in [0.2, 0.25) is 0 Å². The Bertz CT molecular complexity index is 426. The molecule has 3 atom stereocenters. The van der Waals surface area contributed by atoms with Crippen molar-refractivity contribution < 1.29 is 0 Å². The monoisotopic (exact) mass is 278 g/mol. The van der Waals surface area contributed by atoms with Crippen LogP contribution >= 0.6 is 0 Å². The SMILES string of the molecule is CC1CCCC(CNC(C)c2nccn2C)(N(C)C)C1. The second kappa shape index (κ2) is 6.27. The first-order valence-corrected chi connectivity index (χ1v) is 7.82. The molecule has 4 nitrogen and oxygen atoms in total. The fourth-order valence-corrected chi connectivity index (χ4v) is 3.59. The van der Waals surface area contributed by atoms with E-state index in [1.165, 1.54) is 25.7 Å². The lowest BCUT2D eigenvalue weighted by Crippen LogP contribution is -2.54. The first-order valence-electron chi connectivity index (χ1n) is 7.82. The van der Waals surface area contributed by atoms with E-state index in [1.807, 2.05) is 12.4 Å². The maximum atomic E-state index is 4.45. The van der Waals surface area contributed by atoms with Crippen molar-refractivity contribution >= 4 is 0 Å². The summed E-state index contributed by atoms with van der Waals surface area (Å²) >= 11 is 0. The van der Waals surface area contributed by atoms with Crippen LogP contribution in [0.5, 0.6) is 0 Å². The molecule has 4 heteroatoms. The van der Waals surface area contributed by atoms with Crippen molar-refractivity contribution in [1.29, 1.82) is 0 Å². The summed E-state index contributed by atoms with van der Waals surface area (Å²) in [7, 11) is 6.52. The van der Waals surface area contributed by atoms with Crippen LogP contribution in [0.4, 0.5) is 0 Å². The van der Waals surface area contributed by atoms with Crippen LogP contribution in [0, 0.1) is 5.92 Å². The summed E-state index contributed by atoms with van der Waals surface area (Å²) in [6.07, 6.45) is 9.20. The van der Waals surface area contributed by atoms with Gasteiger partial charge >= 0.3 is 0 Å². The van der Waals surface area contributed by atoms with Gasteiger partial charge in [0.1, 0.15) is 5.82 Å². The molecule has 1 aliphatic carbocycles.